The zero-order valence-corrected chi connectivity index (χ0v) is 21.8. The van der Waals surface area contributed by atoms with Gasteiger partial charge in [0.05, 0.1) is 0 Å². The number of carboxylic acid groups (broad SMARTS) is 2. The molecule has 4 rings (SSSR count). The van der Waals surface area contributed by atoms with Crippen LogP contribution in [0.1, 0.15) is 26.7 Å². The zero-order valence-electron chi connectivity index (χ0n) is 19.5. The number of hydrogen-bond donors (Lipinski definition) is 4. The summed E-state index contributed by atoms with van der Waals surface area (Å²) >= 11 is 0. The van der Waals surface area contributed by atoms with Crippen LogP contribution in [0.3, 0.4) is 0 Å². The normalized spacial score (nSPS) is 10.3. The second-order valence-electron chi connectivity index (χ2n) is 7.45. The molecule has 2 heterocycles. The molecular weight excluding hydrogens is 651 g/mol. The third-order valence-corrected chi connectivity index (χ3v) is 5.36. The minimum atomic E-state index is -1.58. The molecule has 0 aliphatic rings. The van der Waals surface area contributed by atoms with E-state index in [2.05, 4.69) is 0 Å². The van der Waals surface area contributed by atoms with Crippen LogP contribution in [0.25, 0.3) is 21.9 Å². The van der Waals surface area contributed by atoms with Gasteiger partial charge in [0.1, 0.15) is 22.5 Å². The smallest absolute Gasteiger partial charge is 0.359 e. The van der Waals surface area contributed by atoms with Crippen molar-refractivity contribution in [1.82, 2.24) is 0 Å². The number of anilines is 2. The number of para-hydroxylation sites is 2. The number of carbonyl (C=O) groups is 2. The average Bonchev–Trinajstić information content (AvgIpc) is 2.82. The Hall–Kier alpha value is -3.91. The number of benzene rings is 2. The number of rotatable bonds is 4. The van der Waals surface area contributed by atoms with E-state index in [4.69, 9.17) is 30.5 Å². The van der Waals surface area contributed by atoms with E-state index in [1.807, 2.05) is 36.4 Å². The average molecular weight is 678 g/mol. The first-order valence-electron chi connectivity index (χ1n) is 10.6. The fraction of sp³-hybridized carbons (Fsp3) is 0.200. The fourth-order valence-electron chi connectivity index (χ4n) is 3.10. The predicted molar refractivity (Wildman–Crippen MR) is 132 cm³/mol. The van der Waals surface area contributed by atoms with Crippen molar-refractivity contribution in [2.24, 2.45) is 5.41 Å². The van der Waals surface area contributed by atoms with Crippen LogP contribution < -0.4 is 22.7 Å². The summed E-state index contributed by atoms with van der Waals surface area (Å²) in [5, 5.41) is 18.9. The molecule has 0 fully saturated rings. The largest absolute Gasteiger partial charge is 0.480 e. The molecule has 0 unspecified atom stereocenters. The summed E-state index contributed by atoms with van der Waals surface area (Å²) in [7, 11) is 0. The monoisotopic (exact) mass is 677 g/mol. The minimum Gasteiger partial charge on any atom is -0.480 e. The summed E-state index contributed by atoms with van der Waals surface area (Å²) in [5.74, 6) is -2.51. The number of aliphatic carboxylic acids is 2. The molecule has 2 aromatic carbocycles. The van der Waals surface area contributed by atoms with E-state index in [0.29, 0.717) is 11.2 Å². The van der Waals surface area contributed by atoms with E-state index in [9.17, 15) is 19.2 Å². The van der Waals surface area contributed by atoms with E-state index < -0.39 is 28.6 Å². The Morgan fingerprint density at radius 2 is 1.08 bits per heavy atom. The maximum Gasteiger partial charge on any atom is 0.359 e. The van der Waals surface area contributed by atoms with Gasteiger partial charge in [-0.3, -0.25) is 9.59 Å². The van der Waals surface area contributed by atoms with Gasteiger partial charge >= 0.3 is 23.2 Å². The van der Waals surface area contributed by atoms with Crippen molar-refractivity contribution >= 4 is 45.3 Å². The molecule has 0 bridgehead atoms. The van der Waals surface area contributed by atoms with Crippen molar-refractivity contribution in [3.8, 4) is 0 Å². The van der Waals surface area contributed by atoms with E-state index in [-0.39, 0.29) is 45.3 Å². The SMILES string of the molecule is CCC(CC)(C(=O)O)C(=O)O.Nc1cc2ccccc2oc1=O.Nc1cc2ccccc2oc1=O.[Pt]. The van der Waals surface area contributed by atoms with Crippen LogP contribution >= 0.6 is 0 Å². The van der Waals surface area contributed by atoms with Gasteiger partial charge in [-0.1, -0.05) is 50.2 Å². The fourth-order valence-corrected chi connectivity index (χ4v) is 3.10. The molecule has 6 N–H and O–H groups in total. The van der Waals surface area contributed by atoms with Crippen molar-refractivity contribution in [2.45, 2.75) is 26.7 Å². The molecule has 2 aromatic heterocycles. The molecule has 0 amide bonds. The molecule has 0 saturated heterocycles. The van der Waals surface area contributed by atoms with Gasteiger partial charge in [0.25, 0.3) is 0 Å². The van der Waals surface area contributed by atoms with Crippen LogP contribution in [0.4, 0.5) is 11.4 Å². The van der Waals surface area contributed by atoms with Crippen LogP contribution in [-0.2, 0) is 30.7 Å². The number of carboxylic acids is 2. The molecule has 36 heavy (non-hydrogen) atoms. The van der Waals surface area contributed by atoms with Crippen LogP contribution in [0.15, 0.2) is 79.1 Å². The third kappa shape index (κ3) is 7.05. The molecule has 0 spiro atoms. The topological polar surface area (TPSA) is 187 Å². The molecule has 11 heteroatoms. The summed E-state index contributed by atoms with van der Waals surface area (Å²) < 4.78 is 9.82. The zero-order chi connectivity index (χ0) is 26.2. The summed E-state index contributed by atoms with van der Waals surface area (Å²) in [6.07, 6.45) is 0.238. The van der Waals surface area contributed by atoms with Crippen molar-refractivity contribution in [1.29, 1.82) is 0 Å². The van der Waals surface area contributed by atoms with Crippen molar-refractivity contribution < 1.29 is 49.7 Å². The van der Waals surface area contributed by atoms with E-state index in [0.717, 1.165) is 10.8 Å². The second kappa shape index (κ2) is 13.2. The molecule has 0 radical (unpaired) electrons. The Kier molecular flexibility index (Phi) is 11.1. The van der Waals surface area contributed by atoms with E-state index in [1.165, 1.54) is 0 Å². The Bertz CT molecular complexity index is 1350. The maximum absolute atomic E-state index is 10.9. The van der Waals surface area contributed by atoms with Crippen LogP contribution in [-0.4, -0.2) is 22.2 Å². The third-order valence-electron chi connectivity index (χ3n) is 5.36. The van der Waals surface area contributed by atoms with E-state index in [1.54, 1.807) is 38.1 Å². The number of nitrogen functional groups attached to an aromatic ring is 2. The Balaban J connectivity index is 0.000000267. The van der Waals surface area contributed by atoms with Crippen molar-refractivity contribution in [2.75, 3.05) is 11.5 Å². The van der Waals surface area contributed by atoms with Crippen molar-refractivity contribution in [3.05, 3.63) is 81.5 Å². The van der Waals surface area contributed by atoms with Crippen LogP contribution in [0.2, 0.25) is 0 Å². The summed E-state index contributed by atoms with van der Waals surface area (Å²) in [4.78, 5) is 43.0. The molecule has 194 valence electrons. The van der Waals surface area contributed by atoms with Gasteiger partial charge in [-0.25, -0.2) is 9.59 Å². The molecule has 0 aliphatic heterocycles. The molecule has 4 aromatic rings. The van der Waals surface area contributed by atoms with Gasteiger partial charge in [0, 0.05) is 31.8 Å². The first kappa shape index (κ1) is 30.1. The maximum atomic E-state index is 10.9. The van der Waals surface area contributed by atoms with Crippen molar-refractivity contribution in [3.63, 3.8) is 0 Å². The Labute approximate surface area is 219 Å². The van der Waals surface area contributed by atoms with Crippen LogP contribution in [0, 0.1) is 5.41 Å². The van der Waals surface area contributed by atoms with Gasteiger partial charge in [0.15, 0.2) is 5.41 Å². The standard InChI is InChI=1S/2C9H7NO2.C7H12O4.Pt/c2*10-7-5-6-3-1-2-4-8(6)12-9(7)11;1-3-7(4-2,5(8)9)6(10)11;/h2*1-5H,10H2;3-4H2,1-2H3,(H,8,9)(H,10,11);. The summed E-state index contributed by atoms with van der Waals surface area (Å²) in [6.45, 7) is 3.12. The number of nitrogens with two attached hydrogens (primary N) is 2. The Morgan fingerprint density at radius 1 is 0.750 bits per heavy atom. The van der Waals surface area contributed by atoms with Gasteiger partial charge < -0.3 is 30.5 Å². The molecule has 0 saturated carbocycles. The first-order valence-corrected chi connectivity index (χ1v) is 10.6. The van der Waals surface area contributed by atoms with Crippen LogP contribution in [0.5, 0.6) is 0 Å². The Morgan fingerprint density at radius 3 is 1.36 bits per heavy atom. The second-order valence-corrected chi connectivity index (χ2v) is 7.45. The minimum absolute atomic E-state index is 0. The van der Waals surface area contributed by atoms with Gasteiger partial charge in [-0.05, 0) is 37.1 Å². The summed E-state index contributed by atoms with van der Waals surface area (Å²) in [6, 6.07) is 17.7. The number of hydrogen-bond acceptors (Lipinski definition) is 8. The quantitative estimate of drug-likeness (QED) is 0.183. The van der Waals surface area contributed by atoms with Gasteiger partial charge in [0.2, 0.25) is 0 Å². The molecule has 0 aliphatic carbocycles. The van der Waals surface area contributed by atoms with E-state index >= 15 is 0 Å². The first-order chi connectivity index (χ1) is 16.5. The molecule has 10 nitrogen and oxygen atoms in total. The van der Waals surface area contributed by atoms with Gasteiger partial charge in [-0.2, -0.15) is 0 Å². The van der Waals surface area contributed by atoms with Gasteiger partial charge in [-0.15, -0.1) is 0 Å². The summed E-state index contributed by atoms with van der Waals surface area (Å²) in [5.41, 5.74) is 9.65. The molecular formula is C25H26N2O8Pt. The predicted octanol–water partition coefficient (Wildman–Crippen LogP) is 3.71. The molecule has 0 atom stereocenters. The number of fused-ring (bicyclic) bond motifs is 2.